The first kappa shape index (κ1) is 6.73. The molecule has 0 atom stereocenters. The van der Waals surface area contributed by atoms with Gasteiger partial charge in [-0.1, -0.05) is 12.2 Å². The zero-order valence-corrected chi connectivity index (χ0v) is 7.27. The van der Waals surface area contributed by atoms with Crippen LogP contribution in [-0.4, -0.2) is 29.0 Å². The van der Waals surface area contributed by atoms with Gasteiger partial charge in [-0.15, -0.1) is 0 Å². The van der Waals surface area contributed by atoms with Crippen LogP contribution in [0.5, 0.6) is 17.2 Å². The first-order valence-electron chi connectivity index (χ1n) is 5.36. The molecule has 1 rings (SSSR count). The largest absolute Gasteiger partial charge is 0.504 e. The number of ether oxygens (including phenoxy) is 1. The topological polar surface area (TPSA) is 69.9 Å². The molecule has 1 aromatic rings. The van der Waals surface area contributed by atoms with Gasteiger partial charge in [-0.25, -0.2) is 0 Å². The van der Waals surface area contributed by atoms with Gasteiger partial charge in [0.2, 0.25) is 5.75 Å². The van der Waals surface area contributed by atoms with Gasteiger partial charge in [0.05, 0.1) is 17.8 Å². The molecule has 0 fully saturated rings. The molecule has 0 saturated heterocycles. The SMILES string of the molecule is [2H]C([2H])([2H])Oc1cc(/C=C/CO)cc(O)c1O. The fourth-order valence-corrected chi connectivity index (χ4v) is 0.977. The van der Waals surface area contributed by atoms with Crippen molar-refractivity contribution in [1.29, 1.82) is 0 Å². The van der Waals surface area contributed by atoms with E-state index in [0.717, 1.165) is 0 Å². The molecule has 76 valence electrons. The number of hydrogen-bond acceptors (Lipinski definition) is 4. The van der Waals surface area contributed by atoms with Gasteiger partial charge in [-0.2, -0.15) is 0 Å². The van der Waals surface area contributed by atoms with Crippen molar-refractivity contribution >= 4 is 6.08 Å². The first-order chi connectivity index (χ1) is 7.83. The molecule has 4 nitrogen and oxygen atoms in total. The van der Waals surface area contributed by atoms with Crippen molar-refractivity contribution in [1.82, 2.24) is 0 Å². The maximum atomic E-state index is 9.41. The second-order valence-corrected chi connectivity index (χ2v) is 2.57. The summed E-state index contributed by atoms with van der Waals surface area (Å²) >= 11 is 0. The third-order valence-corrected chi connectivity index (χ3v) is 1.60. The number of rotatable bonds is 3. The summed E-state index contributed by atoms with van der Waals surface area (Å²) in [7, 11) is -2.72. The monoisotopic (exact) mass is 199 g/mol. The van der Waals surface area contributed by atoms with Crippen LogP contribution in [0.15, 0.2) is 18.2 Å². The van der Waals surface area contributed by atoms with E-state index in [1.54, 1.807) is 0 Å². The Labute approximate surface area is 85.9 Å². The lowest BCUT2D eigenvalue weighted by Crippen LogP contribution is -1.85. The van der Waals surface area contributed by atoms with Gasteiger partial charge >= 0.3 is 0 Å². The van der Waals surface area contributed by atoms with Crippen LogP contribution in [0.25, 0.3) is 6.08 Å². The summed E-state index contributed by atoms with van der Waals surface area (Å²) < 4.78 is 25.2. The quantitative estimate of drug-likeness (QED) is 0.638. The summed E-state index contributed by atoms with van der Waals surface area (Å²) in [5.74, 6) is -1.48. The maximum absolute atomic E-state index is 9.41. The van der Waals surface area contributed by atoms with Crippen LogP contribution in [0.3, 0.4) is 0 Å². The third-order valence-electron chi connectivity index (χ3n) is 1.60. The Morgan fingerprint density at radius 1 is 1.50 bits per heavy atom. The van der Waals surface area contributed by atoms with Crippen molar-refractivity contribution in [2.75, 3.05) is 13.6 Å². The van der Waals surface area contributed by atoms with Gasteiger partial charge in [-0.05, 0) is 17.7 Å². The van der Waals surface area contributed by atoms with Gasteiger partial charge in [-0.3, -0.25) is 0 Å². The highest BCUT2D eigenvalue weighted by Gasteiger charge is 2.07. The number of aliphatic hydroxyl groups is 1. The lowest BCUT2D eigenvalue weighted by atomic mass is 10.1. The minimum absolute atomic E-state index is 0.197. The van der Waals surface area contributed by atoms with Crippen molar-refractivity contribution in [2.24, 2.45) is 0 Å². The highest BCUT2D eigenvalue weighted by molar-refractivity contribution is 5.60. The first-order valence-corrected chi connectivity index (χ1v) is 3.86. The fraction of sp³-hybridized carbons (Fsp3) is 0.200. The Bertz CT molecular complexity index is 426. The van der Waals surface area contributed by atoms with Crippen LogP contribution in [0, 0.1) is 0 Å². The minimum atomic E-state index is -2.72. The van der Waals surface area contributed by atoms with E-state index >= 15 is 0 Å². The Hall–Kier alpha value is -1.68. The van der Waals surface area contributed by atoms with E-state index in [4.69, 9.17) is 9.22 Å². The molecule has 3 N–H and O–H groups in total. The second-order valence-electron chi connectivity index (χ2n) is 2.57. The molecule has 0 unspecified atom stereocenters. The summed E-state index contributed by atoms with van der Waals surface area (Å²) in [6, 6.07) is 2.46. The maximum Gasteiger partial charge on any atom is 0.200 e. The van der Waals surface area contributed by atoms with E-state index in [1.165, 1.54) is 24.3 Å². The molecule has 0 heterocycles. The van der Waals surface area contributed by atoms with Gasteiger partial charge in [0.1, 0.15) is 0 Å². The number of phenolic OH excluding ortho intramolecular Hbond substituents is 2. The number of aromatic hydroxyl groups is 2. The van der Waals surface area contributed by atoms with Crippen LogP contribution < -0.4 is 4.74 Å². The molecule has 0 aliphatic carbocycles. The molecule has 0 amide bonds. The summed E-state index contributed by atoms with van der Waals surface area (Å²) in [6.07, 6.45) is 2.84. The molecule has 0 spiro atoms. The van der Waals surface area contributed by atoms with Crippen molar-refractivity contribution in [2.45, 2.75) is 0 Å². The summed E-state index contributed by atoms with van der Waals surface area (Å²) in [5, 5.41) is 27.4. The molecular weight excluding hydrogens is 184 g/mol. The second kappa shape index (κ2) is 4.53. The van der Waals surface area contributed by atoms with Crippen molar-refractivity contribution < 1.29 is 24.2 Å². The van der Waals surface area contributed by atoms with Crippen LogP contribution in [0.2, 0.25) is 0 Å². The summed E-state index contributed by atoms with van der Waals surface area (Å²) in [4.78, 5) is 0. The van der Waals surface area contributed by atoms with Crippen molar-refractivity contribution in [3.8, 4) is 17.2 Å². The van der Waals surface area contributed by atoms with E-state index < -0.39 is 18.5 Å². The van der Waals surface area contributed by atoms with Gasteiger partial charge in [0, 0.05) is 0 Å². The van der Waals surface area contributed by atoms with E-state index in [-0.39, 0.29) is 12.4 Å². The van der Waals surface area contributed by atoms with Crippen molar-refractivity contribution in [3.05, 3.63) is 23.8 Å². The Morgan fingerprint density at radius 2 is 2.29 bits per heavy atom. The molecule has 0 aromatic heterocycles. The zero-order valence-electron chi connectivity index (χ0n) is 10.3. The lowest BCUT2D eigenvalue weighted by molar-refractivity contribution is 0.343. The molecule has 0 aliphatic heterocycles. The predicted molar refractivity (Wildman–Crippen MR) is 52.4 cm³/mol. The Balaban J connectivity index is 3.11. The van der Waals surface area contributed by atoms with Crippen LogP contribution in [-0.2, 0) is 0 Å². The fourth-order valence-electron chi connectivity index (χ4n) is 0.977. The summed E-state index contributed by atoms with van der Waals surface area (Å²) in [5.41, 5.74) is 0.397. The van der Waals surface area contributed by atoms with Crippen molar-refractivity contribution in [3.63, 3.8) is 0 Å². The number of benzene rings is 1. The van der Waals surface area contributed by atoms with E-state index in [9.17, 15) is 10.2 Å². The van der Waals surface area contributed by atoms with Crippen LogP contribution in [0.1, 0.15) is 9.68 Å². The molecule has 4 heteroatoms. The Morgan fingerprint density at radius 3 is 2.93 bits per heavy atom. The minimum Gasteiger partial charge on any atom is -0.504 e. The van der Waals surface area contributed by atoms with Gasteiger partial charge in [0.25, 0.3) is 0 Å². The lowest BCUT2D eigenvalue weighted by Gasteiger charge is -2.06. The van der Waals surface area contributed by atoms with E-state index in [0.29, 0.717) is 5.56 Å². The Kier molecular flexibility index (Phi) is 2.17. The zero-order chi connectivity index (χ0) is 13.1. The molecule has 0 radical (unpaired) electrons. The average molecular weight is 199 g/mol. The molecule has 0 bridgehead atoms. The smallest absolute Gasteiger partial charge is 0.200 e. The third kappa shape index (κ3) is 2.17. The molecule has 14 heavy (non-hydrogen) atoms. The van der Waals surface area contributed by atoms with Crippen LogP contribution in [0.4, 0.5) is 0 Å². The van der Waals surface area contributed by atoms with Gasteiger partial charge in [0.15, 0.2) is 11.5 Å². The molecule has 0 aliphatic rings. The average Bonchev–Trinajstić information content (AvgIpc) is 2.20. The molecule has 1 aromatic carbocycles. The molecule has 0 saturated carbocycles. The number of aliphatic hydroxyl groups excluding tert-OH is 1. The van der Waals surface area contributed by atoms with Gasteiger partial charge < -0.3 is 20.1 Å². The number of hydrogen-bond donors (Lipinski definition) is 3. The highest BCUT2D eigenvalue weighted by Crippen LogP contribution is 2.36. The predicted octanol–water partition coefficient (Wildman–Crippen LogP) is 1.11. The number of phenols is 2. The summed E-state index contributed by atoms with van der Waals surface area (Å²) in [6.45, 7) is -0.197. The van der Waals surface area contributed by atoms with E-state index in [2.05, 4.69) is 4.74 Å². The van der Waals surface area contributed by atoms with E-state index in [1.807, 2.05) is 0 Å². The highest BCUT2D eigenvalue weighted by atomic mass is 16.5. The normalized spacial score (nSPS) is 14.8. The van der Waals surface area contributed by atoms with Crippen LogP contribution >= 0.6 is 0 Å². The standard InChI is InChI=1S/C10H12O4/c1-14-9-6-7(3-2-4-11)5-8(12)10(9)13/h2-3,5-6,11-13H,4H2,1H3/b3-2+/i1D3. The number of methoxy groups -OCH3 is 1. The molecular formula is C10H12O4.